The molecule has 2 aromatic rings. The molecule has 1 heterocycles. The van der Waals surface area contributed by atoms with Crippen molar-refractivity contribution in [3.05, 3.63) is 71.3 Å². The Morgan fingerprint density at radius 3 is 2.64 bits per heavy atom. The molecule has 0 saturated heterocycles. The van der Waals surface area contributed by atoms with Crippen molar-refractivity contribution in [1.29, 1.82) is 0 Å². The van der Waals surface area contributed by atoms with Crippen LogP contribution in [0, 0.1) is 0 Å². The van der Waals surface area contributed by atoms with Crippen molar-refractivity contribution in [2.24, 2.45) is 0 Å². The molecule has 1 aliphatic heterocycles. The zero-order chi connectivity index (χ0) is 17.5. The van der Waals surface area contributed by atoms with Gasteiger partial charge in [0.25, 0.3) is 0 Å². The number of nitrogens with zero attached hydrogens (tertiary/aromatic N) is 1. The lowest BCUT2D eigenvalue weighted by molar-refractivity contribution is 0.0150. The molecule has 25 heavy (non-hydrogen) atoms. The second-order valence-electron chi connectivity index (χ2n) is 6.61. The van der Waals surface area contributed by atoms with E-state index in [1.54, 1.807) is 4.90 Å². The zero-order valence-electron chi connectivity index (χ0n) is 14.8. The first kappa shape index (κ1) is 17.5. The van der Waals surface area contributed by atoms with E-state index in [0.717, 1.165) is 19.3 Å². The largest absolute Gasteiger partial charge is 0.371 e. The number of rotatable bonds is 6. The quantitative estimate of drug-likeness (QED) is 0.820. The number of ether oxygens (including phenoxy) is 1. The normalized spacial score (nSPS) is 16.1. The minimum Gasteiger partial charge on any atom is -0.371 e. The van der Waals surface area contributed by atoms with E-state index in [2.05, 4.69) is 35.6 Å². The first-order valence-corrected chi connectivity index (χ1v) is 8.93. The highest BCUT2D eigenvalue weighted by Gasteiger charge is 2.21. The summed E-state index contributed by atoms with van der Waals surface area (Å²) in [5.41, 5.74) is 3.89. The van der Waals surface area contributed by atoms with Crippen LogP contribution in [0.2, 0.25) is 0 Å². The van der Waals surface area contributed by atoms with Crippen LogP contribution in [0.25, 0.3) is 0 Å². The van der Waals surface area contributed by atoms with Gasteiger partial charge in [0.2, 0.25) is 0 Å². The van der Waals surface area contributed by atoms with E-state index in [9.17, 15) is 4.79 Å². The van der Waals surface area contributed by atoms with Crippen molar-refractivity contribution >= 4 is 6.03 Å². The standard InChI is InChI=1S/C21H26N2O2/c1-23(15-20-14-18-11-5-6-12-19(18)16-25-20)21(24)22-13-7-10-17-8-3-2-4-9-17/h2-6,8-9,11-12,20H,7,10,13-16H2,1H3,(H,22,24). The SMILES string of the molecule is CN(CC1Cc2ccccc2CO1)C(=O)NCCCc1ccccc1. The number of nitrogens with one attached hydrogen (secondary N) is 1. The van der Waals surface area contributed by atoms with E-state index in [1.807, 2.05) is 31.3 Å². The molecule has 0 aromatic heterocycles. The van der Waals surface area contributed by atoms with Gasteiger partial charge in [0.1, 0.15) is 0 Å². The molecule has 2 amide bonds. The molecule has 0 spiro atoms. The van der Waals surface area contributed by atoms with Gasteiger partial charge in [-0.1, -0.05) is 54.6 Å². The summed E-state index contributed by atoms with van der Waals surface area (Å²) < 4.78 is 5.89. The topological polar surface area (TPSA) is 41.6 Å². The number of fused-ring (bicyclic) bond motifs is 1. The van der Waals surface area contributed by atoms with Gasteiger partial charge in [-0.25, -0.2) is 4.79 Å². The van der Waals surface area contributed by atoms with Crippen LogP contribution in [0.4, 0.5) is 4.79 Å². The Kier molecular flexibility index (Phi) is 6.07. The summed E-state index contributed by atoms with van der Waals surface area (Å²) in [6.45, 7) is 1.93. The van der Waals surface area contributed by atoms with E-state index in [1.165, 1.54) is 16.7 Å². The Bertz CT molecular complexity index is 687. The summed E-state index contributed by atoms with van der Waals surface area (Å²) in [5, 5.41) is 2.99. The lowest BCUT2D eigenvalue weighted by atomic mass is 9.99. The molecule has 1 unspecified atom stereocenters. The predicted octanol–water partition coefficient (Wildman–Crippen LogP) is 3.40. The molecule has 132 valence electrons. The summed E-state index contributed by atoms with van der Waals surface area (Å²) in [4.78, 5) is 14.0. The number of aryl methyl sites for hydroxylation is 1. The van der Waals surface area contributed by atoms with Crippen LogP contribution >= 0.6 is 0 Å². The number of benzene rings is 2. The van der Waals surface area contributed by atoms with Gasteiger partial charge in [-0.2, -0.15) is 0 Å². The average molecular weight is 338 g/mol. The average Bonchev–Trinajstić information content (AvgIpc) is 2.65. The molecule has 0 bridgehead atoms. The van der Waals surface area contributed by atoms with Gasteiger partial charge in [-0.05, 0) is 29.5 Å². The van der Waals surface area contributed by atoms with Crippen LogP contribution in [-0.4, -0.2) is 37.2 Å². The van der Waals surface area contributed by atoms with E-state index in [0.29, 0.717) is 19.7 Å². The summed E-state index contributed by atoms with van der Waals surface area (Å²) in [7, 11) is 1.83. The summed E-state index contributed by atoms with van der Waals surface area (Å²) >= 11 is 0. The van der Waals surface area contributed by atoms with Crippen LogP contribution in [-0.2, 0) is 24.2 Å². The number of carbonyl (C=O) groups excluding carboxylic acids is 1. The lowest BCUT2D eigenvalue weighted by Gasteiger charge is -2.29. The molecule has 0 saturated carbocycles. The summed E-state index contributed by atoms with van der Waals surface area (Å²) in [6.07, 6.45) is 2.85. The predicted molar refractivity (Wildman–Crippen MR) is 99.5 cm³/mol. The maximum atomic E-state index is 12.2. The van der Waals surface area contributed by atoms with Crippen molar-refractivity contribution in [3.8, 4) is 0 Å². The van der Waals surface area contributed by atoms with Gasteiger partial charge in [0.15, 0.2) is 0 Å². The van der Waals surface area contributed by atoms with Gasteiger partial charge in [0.05, 0.1) is 12.7 Å². The molecular formula is C21H26N2O2. The highest BCUT2D eigenvalue weighted by atomic mass is 16.5. The minimum atomic E-state index is -0.0319. The highest BCUT2D eigenvalue weighted by Crippen LogP contribution is 2.20. The monoisotopic (exact) mass is 338 g/mol. The molecule has 1 aliphatic rings. The van der Waals surface area contributed by atoms with E-state index in [-0.39, 0.29) is 12.1 Å². The molecule has 0 radical (unpaired) electrons. The molecule has 0 fully saturated rings. The first-order valence-electron chi connectivity index (χ1n) is 8.93. The molecule has 2 aromatic carbocycles. The third-order valence-electron chi connectivity index (χ3n) is 4.63. The molecular weight excluding hydrogens is 312 g/mol. The van der Waals surface area contributed by atoms with Crippen LogP contribution in [0.1, 0.15) is 23.1 Å². The van der Waals surface area contributed by atoms with Crippen molar-refractivity contribution in [3.63, 3.8) is 0 Å². The molecule has 3 rings (SSSR count). The van der Waals surface area contributed by atoms with Crippen LogP contribution in [0.15, 0.2) is 54.6 Å². The molecule has 0 aliphatic carbocycles. The Morgan fingerprint density at radius 2 is 1.84 bits per heavy atom. The number of hydrogen-bond donors (Lipinski definition) is 1. The molecule has 1 atom stereocenters. The maximum absolute atomic E-state index is 12.2. The van der Waals surface area contributed by atoms with Gasteiger partial charge in [0, 0.05) is 26.6 Å². The number of urea groups is 1. The smallest absolute Gasteiger partial charge is 0.317 e. The fraction of sp³-hybridized carbons (Fsp3) is 0.381. The van der Waals surface area contributed by atoms with Crippen molar-refractivity contribution < 1.29 is 9.53 Å². The van der Waals surface area contributed by atoms with Gasteiger partial charge in [-0.15, -0.1) is 0 Å². The van der Waals surface area contributed by atoms with Crippen molar-refractivity contribution in [2.45, 2.75) is 32.0 Å². The first-order chi connectivity index (χ1) is 12.2. The molecule has 4 heteroatoms. The number of amides is 2. The third kappa shape index (κ3) is 5.07. The Hall–Kier alpha value is -2.33. The van der Waals surface area contributed by atoms with Gasteiger partial charge < -0.3 is 15.0 Å². The molecule has 1 N–H and O–H groups in total. The Morgan fingerprint density at radius 1 is 1.12 bits per heavy atom. The maximum Gasteiger partial charge on any atom is 0.317 e. The Balaban J connectivity index is 1.38. The number of likely N-dealkylation sites (N-methyl/N-ethyl adjacent to an activating group) is 1. The summed E-state index contributed by atoms with van der Waals surface area (Å²) in [5.74, 6) is 0. The van der Waals surface area contributed by atoms with Crippen molar-refractivity contribution in [2.75, 3.05) is 20.1 Å². The van der Waals surface area contributed by atoms with E-state index in [4.69, 9.17) is 4.74 Å². The zero-order valence-corrected chi connectivity index (χ0v) is 14.8. The van der Waals surface area contributed by atoms with E-state index < -0.39 is 0 Å². The minimum absolute atomic E-state index is 0.0319. The van der Waals surface area contributed by atoms with Crippen molar-refractivity contribution in [1.82, 2.24) is 10.2 Å². The Labute approximate surface area is 149 Å². The van der Waals surface area contributed by atoms with E-state index >= 15 is 0 Å². The second-order valence-corrected chi connectivity index (χ2v) is 6.61. The third-order valence-corrected chi connectivity index (χ3v) is 4.63. The fourth-order valence-electron chi connectivity index (χ4n) is 3.18. The van der Waals surface area contributed by atoms with Crippen LogP contribution < -0.4 is 5.32 Å². The highest BCUT2D eigenvalue weighted by molar-refractivity contribution is 5.73. The number of carbonyl (C=O) groups is 1. The van der Waals surface area contributed by atoms with Gasteiger partial charge in [-0.3, -0.25) is 0 Å². The lowest BCUT2D eigenvalue weighted by Crippen LogP contribution is -2.43. The van der Waals surface area contributed by atoms with Crippen LogP contribution in [0.3, 0.4) is 0 Å². The molecule has 4 nitrogen and oxygen atoms in total. The second kappa shape index (κ2) is 8.67. The fourth-order valence-corrected chi connectivity index (χ4v) is 3.18. The van der Waals surface area contributed by atoms with Gasteiger partial charge >= 0.3 is 6.03 Å². The van der Waals surface area contributed by atoms with Crippen LogP contribution in [0.5, 0.6) is 0 Å². The number of hydrogen-bond acceptors (Lipinski definition) is 2. The summed E-state index contributed by atoms with van der Waals surface area (Å²) in [6, 6.07) is 18.7.